The molecule has 0 radical (unpaired) electrons. The minimum atomic E-state index is -4.33. The van der Waals surface area contributed by atoms with Crippen LogP contribution in [0.15, 0.2) is 28.8 Å². The topological polar surface area (TPSA) is 59.3 Å². The van der Waals surface area contributed by atoms with Crippen molar-refractivity contribution in [3.05, 3.63) is 39.8 Å². The van der Waals surface area contributed by atoms with Crippen LogP contribution in [0.4, 0.5) is 13.2 Å². The number of alkyl halides is 3. The zero-order valence-corrected chi connectivity index (χ0v) is 12.4. The van der Waals surface area contributed by atoms with Gasteiger partial charge < -0.3 is 0 Å². The Bertz CT molecular complexity index is 675. The third-order valence-electron chi connectivity index (χ3n) is 2.63. The first-order valence-corrected chi connectivity index (χ1v) is 7.26. The highest BCUT2D eigenvalue weighted by Crippen LogP contribution is 2.17. The molecule has 2 rings (SSSR count). The first-order valence-electron chi connectivity index (χ1n) is 6.38. The Balaban J connectivity index is 1.91. The second kappa shape index (κ2) is 6.73. The third-order valence-corrected chi connectivity index (χ3v) is 3.71. The molecule has 0 spiro atoms. The molecule has 118 valence electrons. The molecule has 9 heteroatoms. The number of aryl methyl sites for hydroxylation is 1. The highest BCUT2D eigenvalue weighted by molar-refractivity contribution is 7.10. The Hall–Kier alpha value is -2.16. The van der Waals surface area contributed by atoms with Gasteiger partial charge in [-0.25, -0.2) is 5.43 Å². The molecule has 0 fully saturated rings. The van der Waals surface area contributed by atoms with Crippen LogP contribution in [-0.4, -0.2) is 28.1 Å². The van der Waals surface area contributed by atoms with E-state index in [1.54, 1.807) is 11.4 Å². The Kier molecular flexibility index (Phi) is 4.96. The second-order valence-electron chi connectivity index (χ2n) is 4.41. The zero-order valence-electron chi connectivity index (χ0n) is 11.6. The molecule has 1 amide bonds. The molecule has 0 saturated carbocycles. The normalized spacial score (nSPS) is 12.0. The van der Waals surface area contributed by atoms with E-state index in [-0.39, 0.29) is 11.6 Å². The molecular weight excluding hydrogens is 317 g/mol. The number of amides is 1. The van der Waals surface area contributed by atoms with E-state index in [4.69, 9.17) is 0 Å². The van der Waals surface area contributed by atoms with E-state index in [9.17, 15) is 18.0 Å². The molecule has 2 aromatic heterocycles. The van der Waals surface area contributed by atoms with Crippen molar-refractivity contribution < 1.29 is 18.0 Å². The molecule has 0 saturated heterocycles. The zero-order chi connectivity index (χ0) is 16.2. The summed E-state index contributed by atoms with van der Waals surface area (Å²) in [6.45, 7) is 0.824. The van der Waals surface area contributed by atoms with Crippen molar-refractivity contribution in [2.45, 2.75) is 26.1 Å². The molecule has 22 heavy (non-hydrogen) atoms. The smallest absolute Gasteiger partial charge is 0.267 e. The Morgan fingerprint density at radius 3 is 2.95 bits per heavy atom. The molecule has 1 N–H and O–H groups in total. The first-order chi connectivity index (χ1) is 10.4. The number of hydrazone groups is 1. The summed E-state index contributed by atoms with van der Waals surface area (Å²) < 4.78 is 37.3. The van der Waals surface area contributed by atoms with Crippen molar-refractivity contribution in [2.75, 3.05) is 0 Å². The van der Waals surface area contributed by atoms with E-state index in [1.165, 1.54) is 29.8 Å². The van der Waals surface area contributed by atoms with Gasteiger partial charge in [0, 0.05) is 16.5 Å². The maximum Gasteiger partial charge on any atom is 0.408 e. The van der Waals surface area contributed by atoms with Crippen LogP contribution in [0.3, 0.4) is 0 Å². The predicted octanol–water partition coefficient (Wildman–Crippen LogP) is 2.83. The second-order valence-corrected chi connectivity index (χ2v) is 5.40. The summed E-state index contributed by atoms with van der Waals surface area (Å²) in [7, 11) is 0. The fourth-order valence-corrected chi connectivity index (χ4v) is 2.44. The number of carbonyl (C=O) groups is 1. The number of halogens is 3. The number of aromatic nitrogens is 2. The Labute approximate surface area is 128 Å². The number of thiophene rings is 1. The number of rotatable bonds is 5. The molecule has 0 unspecified atom stereocenters. The number of nitrogens with one attached hydrogen (secondary N) is 1. The van der Waals surface area contributed by atoms with Gasteiger partial charge in [0.05, 0.1) is 11.8 Å². The number of hydrogen-bond acceptors (Lipinski definition) is 4. The fourth-order valence-electron chi connectivity index (χ4n) is 1.62. The van der Waals surface area contributed by atoms with Crippen LogP contribution >= 0.6 is 11.3 Å². The summed E-state index contributed by atoms with van der Waals surface area (Å²) in [5.41, 5.74) is 3.04. The average Bonchev–Trinajstić information content (AvgIpc) is 3.06. The van der Waals surface area contributed by atoms with E-state index < -0.39 is 12.7 Å². The van der Waals surface area contributed by atoms with Crippen molar-refractivity contribution in [3.8, 4) is 0 Å². The lowest BCUT2D eigenvalue weighted by molar-refractivity contribution is -0.142. The third kappa shape index (κ3) is 4.69. The molecule has 2 heterocycles. The summed E-state index contributed by atoms with van der Waals surface area (Å²) in [4.78, 5) is 12.8. The predicted molar refractivity (Wildman–Crippen MR) is 77.0 cm³/mol. The van der Waals surface area contributed by atoms with Gasteiger partial charge in [-0.2, -0.15) is 23.4 Å². The molecule has 2 aromatic rings. The SMILES string of the molecule is CCc1cc(C(=O)N/N=C\c2ccn(CC(F)(F)F)n2)cs1. The maximum atomic E-state index is 12.2. The Morgan fingerprint density at radius 1 is 1.55 bits per heavy atom. The van der Waals surface area contributed by atoms with Crippen molar-refractivity contribution >= 4 is 23.5 Å². The summed E-state index contributed by atoms with van der Waals surface area (Å²) in [5.74, 6) is -0.373. The van der Waals surface area contributed by atoms with E-state index in [0.717, 1.165) is 16.0 Å². The maximum absolute atomic E-state index is 12.2. The molecule has 0 aromatic carbocycles. The first kappa shape index (κ1) is 16.2. The van der Waals surface area contributed by atoms with Gasteiger partial charge in [-0.1, -0.05) is 6.92 Å². The van der Waals surface area contributed by atoms with Crippen molar-refractivity contribution in [3.63, 3.8) is 0 Å². The lowest BCUT2D eigenvalue weighted by Crippen LogP contribution is -2.18. The van der Waals surface area contributed by atoms with Crippen LogP contribution in [0.25, 0.3) is 0 Å². The van der Waals surface area contributed by atoms with Gasteiger partial charge in [0.1, 0.15) is 12.2 Å². The monoisotopic (exact) mass is 330 g/mol. The van der Waals surface area contributed by atoms with Crippen molar-refractivity contribution in [2.24, 2.45) is 5.10 Å². The molecular formula is C13H13F3N4OS. The number of nitrogens with zero attached hydrogens (tertiary/aromatic N) is 3. The van der Waals surface area contributed by atoms with Crippen LogP contribution in [0.5, 0.6) is 0 Å². The molecule has 0 aliphatic rings. The van der Waals surface area contributed by atoms with Gasteiger partial charge in [0.15, 0.2) is 0 Å². The summed E-state index contributed by atoms with van der Waals surface area (Å²) in [6.07, 6.45) is -1.09. The highest BCUT2D eigenvalue weighted by atomic mass is 32.1. The van der Waals surface area contributed by atoms with Gasteiger partial charge in [-0.3, -0.25) is 9.48 Å². The minimum absolute atomic E-state index is 0.226. The summed E-state index contributed by atoms with van der Waals surface area (Å²) >= 11 is 1.48. The molecule has 5 nitrogen and oxygen atoms in total. The molecule has 0 aliphatic carbocycles. The lowest BCUT2D eigenvalue weighted by atomic mass is 10.3. The van der Waals surface area contributed by atoms with E-state index in [0.29, 0.717) is 5.56 Å². The summed E-state index contributed by atoms with van der Waals surface area (Å²) in [5, 5.41) is 9.09. The average molecular weight is 330 g/mol. The number of carbonyl (C=O) groups excluding carboxylic acids is 1. The lowest BCUT2D eigenvalue weighted by Gasteiger charge is -2.04. The summed E-state index contributed by atoms with van der Waals surface area (Å²) in [6, 6.07) is 3.15. The Morgan fingerprint density at radius 2 is 2.32 bits per heavy atom. The van der Waals surface area contributed by atoms with Gasteiger partial charge in [0.2, 0.25) is 0 Å². The van der Waals surface area contributed by atoms with Gasteiger partial charge >= 0.3 is 6.18 Å². The van der Waals surface area contributed by atoms with E-state index in [2.05, 4.69) is 15.6 Å². The number of hydrogen-bond donors (Lipinski definition) is 1. The van der Waals surface area contributed by atoms with Crippen molar-refractivity contribution in [1.29, 1.82) is 0 Å². The van der Waals surface area contributed by atoms with E-state index >= 15 is 0 Å². The highest BCUT2D eigenvalue weighted by Gasteiger charge is 2.28. The standard InChI is InChI=1S/C13H13F3N4OS/c1-2-11-5-9(7-22-11)12(21)18-17-6-10-3-4-20(19-10)8-13(14,15)16/h3-7H,2,8H2,1H3,(H,18,21)/b17-6-. The van der Waals surface area contributed by atoms with Crippen molar-refractivity contribution in [1.82, 2.24) is 15.2 Å². The van der Waals surface area contributed by atoms with E-state index in [1.807, 2.05) is 6.92 Å². The van der Waals surface area contributed by atoms with Crippen LogP contribution in [-0.2, 0) is 13.0 Å². The van der Waals surface area contributed by atoms with Gasteiger partial charge in [-0.15, -0.1) is 11.3 Å². The fraction of sp³-hybridized carbons (Fsp3) is 0.308. The molecule has 0 atom stereocenters. The quantitative estimate of drug-likeness (QED) is 0.677. The van der Waals surface area contributed by atoms with Gasteiger partial charge in [0.25, 0.3) is 5.91 Å². The largest absolute Gasteiger partial charge is 0.408 e. The van der Waals surface area contributed by atoms with Gasteiger partial charge in [-0.05, 0) is 18.6 Å². The van der Waals surface area contributed by atoms with Crippen LogP contribution in [0.1, 0.15) is 27.9 Å². The van der Waals surface area contributed by atoms with Crippen LogP contribution in [0.2, 0.25) is 0 Å². The molecule has 0 bridgehead atoms. The minimum Gasteiger partial charge on any atom is -0.267 e. The molecule has 0 aliphatic heterocycles. The van der Waals surface area contributed by atoms with Crippen LogP contribution in [0, 0.1) is 0 Å². The van der Waals surface area contributed by atoms with Crippen LogP contribution < -0.4 is 5.43 Å².